The number of aromatic nitrogens is 1. The number of benzene rings is 1. The molecule has 0 radical (unpaired) electrons. The van der Waals surface area contributed by atoms with Crippen molar-refractivity contribution in [2.24, 2.45) is 10.9 Å². The lowest BCUT2D eigenvalue weighted by molar-refractivity contribution is 0.0526. The fourth-order valence-electron chi connectivity index (χ4n) is 2.67. The summed E-state index contributed by atoms with van der Waals surface area (Å²) in [5.41, 5.74) is 1.48. The molecule has 25 heavy (non-hydrogen) atoms. The van der Waals surface area contributed by atoms with E-state index in [-0.39, 0.29) is 11.9 Å². The van der Waals surface area contributed by atoms with Crippen molar-refractivity contribution in [3.05, 3.63) is 66.0 Å². The van der Waals surface area contributed by atoms with Crippen LogP contribution in [0.4, 0.5) is 0 Å². The third kappa shape index (κ3) is 3.94. The molecule has 1 aromatic heterocycles. The number of hydrogen-bond acceptors (Lipinski definition) is 5. The highest BCUT2D eigenvalue weighted by Gasteiger charge is 2.22. The van der Waals surface area contributed by atoms with Crippen molar-refractivity contribution in [1.29, 1.82) is 0 Å². The number of hydrogen-bond donors (Lipinski definition) is 0. The summed E-state index contributed by atoms with van der Waals surface area (Å²) < 4.78 is 10.9. The summed E-state index contributed by atoms with van der Waals surface area (Å²) in [4.78, 5) is 20.3. The average Bonchev–Trinajstić information content (AvgIpc) is 2.64. The highest BCUT2D eigenvalue weighted by atomic mass is 16.5. The topological polar surface area (TPSA) is 60.8 Å². The summed E-state index contributed by atoms with van der Waals surface area (Å²) in [5, 5.41) is 0. The van der Waals surface area contributed by atoms with Gasteiger partial charge in [-0.05, 0) is 43.2 Å². The van der Waals surface area contributed by atoms with Crippen LogP contribution in [0, 0.1) is 5.92 Å². The Labute approximate surface area is 147 Å². The lowest BCUT2D eigenvalue weighted by Crippen LogP contribution is -2.13. The monoisotopic (exact) mass is 336 g/mol. The summed E-state index contributed by atoms with van der Waals surface area (Å²) >= 11 is 0. The van der Waals surface area contributed by atoms with E-state index in [4.69, 9.17) is 9.47 Å². The Morgan fingerprint density at radius 3 is 2.72 bits per heavy atom. The molecule has 0 amide bonds. The number of allylic oxidation sites excluding steroid dienone is 1. The van der Waals surface area contributed by atoms with E-state index in [9.17, 15) is 4.79 Å². The molecule has 0 N–H and O–H groups in total. The van der Waals surface area contributed by atoms with Crippen molar-refractivity contribution < 1.29 is 14.3 Å². The zero-order valence-electron chi connectivity index (χ0n) is 14.3. The molecule has 2 atom stereocenters. The second kappa shape index (κ2) is 7.75. The lowest BCUT2D eigenvalue weighted by Gasteiger charge is -2.21. The summed E-state index contributed by atoms with van der Waals surface area (Å²) in [5.74, 6) is 1.25. The number of aliphatic imine (C=N–C) groups is 1. The molecule has 1 aromatic carbocycles. The molecule has 0 saturated carbocycles. The van der Waals surface area contributed by atoms with E-state index in [2.05, 4.69) is 23.0 Å². The van der Waals surface area contributed by atoms with Gasteiger partial charge >= 0.3 is 5.97 Å². The molecule has 3 rings (SSSR count). The second-order valence-electron chi connectivity index (χ2n) is 5.77. The van der Waals surface area contributed by atoms with Crippen molar-refractivity contribution >= 4 is 12.2 Å². The quantitative estimate of drug-likeness (QED) is 0.761. The van der Waals surface area contributed by atoms with Crippen LogP contribution in [0.15, 0.2) is 59.9 Å². The Hall–Kier alpha value is -2.95. The van der Waals surface area contributed by atoms with Crippen molar-refractivity contribution in [1.82, 2.24) is 4.98 Å². The standard InChI is InChI=1S/C20H20N2O3/c1-3-24-20(23)15-6-8-16(9-7-15)25-19-17(5-4-11-22-19)18-13-21-12-10-14(18)2/h4-14,18H,3H2,1-2H3. The molecule has 0 spiro atoms. The molecule has 0 bridgehead atoms. The minimum absolute atomic E-state index is 0.118. The van der Waals surface area contributed by atoms with E-state index in [1.165, 1.54) is 0 Å². The first kappa shape index (κ1) is 16.9. The molecule has 5 nitrogen and oxygen atoms in total. The first-order chi connectivity index (χ1) is 12.2. The largest absolute Gasteiger partial charge is 0.462 e. The van der Waals surface area contributed by atoms with Gasteiger partial charge < -0.3 is 9.47 Å². The number of esters is 1. The Morgan fingerprint density at radius 2 is 2.00 bits per heavy atom. The predicted octanol–water partition coefficient (Wildman–Crippen LogP) is 4.37. The fraction of sp³-hybridized carbons (Fsp3) is 0.250. The predicted molar refractivity (Wildman–Crippen MR) is 96.2 cm³/mol. The highest BCUT2D eigenvalue weighted by molar-refractivity contribution is 5.89. The molecule has 5 heteroatoms. The van der Waals surface area contributed by atoms with Gasteiger partial charge in [0.2, 0.25) is 5.88 Å². The summed E-state index contributed by atoms with van der Waals surface area (Å²) in [6.07, 6.45) is 7.49. The maximum Gasteiger partial charge on any atom is 0.338 e. The van der Waals surface area contributed by atoms with Gasteiger partial charge in [-0.2, -0.15) is 0 Å². The van der Waals surface area contributed by atoms with E-state index < -0.39 is 0 Å². The molecule has 2 unspecified atom stereocenters. The zero-order chi connectivity index (χ0) is 17.6. The SMILES string of the molecule is CCOC(=O)c1ccc(Oc2ncccc2C2C=NC=CC2C)cc1. The van der Waals surface area contributed by atoms with Crippen molar-refractivity contribution in [2.45, 2.75) is 19.8 Å². The Balaban J connectivity index is 1.81. The van der Waals surface area contributed by atoms with Crippen molar-refractivity contribution in [3.8, 4) is 11.6 Å². The molecule has 2 heterocycles. The summed E-state index contributed by atoms with van der Waals surface area (Å²) in [6, 6.07) is 10.7. The van der Waals surface area contributed by atoms with Gasteiger partial charge in [0.25, 0.3) is 0 Å². The number of carbonyl (C=O) groups excluding carboxylic acids is 1. The lowest BCUT2D eigenvalue weighted by atomic mass is 9.87. The van der Waals surface area contributed by atoms with Crippen LogP contribution in [0.1, 0.15) is 35.7 Å². The third-order valence-corrected chi connectivity index (χ3v) is 4.03. The molecule has 1 aliphatic rings. The van der Waals surface area contributed by atoms with Gasteiger partial charge in [0.1, 0.15) is 5.75 Å². The van der Waals surface area contributed by atoms with Gasteiger partial charge in [0.15, 0.2) is 0 Å². The minimum Gasteiger partial charge on any atom is -0.462 e. The molecule has 2 aromatic rings. The van der Waals surface area contributed by atoms with Gasteiger partial charge in [-0.1, -0.05) is 19.1 Å². The number of ether oxygens (including phenoxy) is 2. The van der Waals surface area contributed by atoms with Crippen LogP contribution in [-0.2, 0) is 4.74 Å². The molecule has 0 saturated heterocycles. The maximum absolute atomic E-state index is 11.7. The van der Waals surface area contributed by atoms with Gasteiger partial charge in [0.05, 0.1) is 12.2 Å². The van der Waals surface area contributed by atoms with Crippen LogP contribution in [0.2, 0.25) is 0 Å². The maximum atomic E-state index is 11.7. The Bertz CT molecular complexity index is 797. The van der Waals surface area contributed by atoms with Crippen LogP contribution < -0.4 is 4.74 Å². The molecular formula is C20H20N2O3. The Kier molecular flexibility index (Phi) is 5.23. The van der Waals surface area contributed by atoms with Crippen LogP contribution >= 0.6 is 0 Å². The van der Waals surface area contributed by atoms with E-state index in [1.807, 2.05) is 24.5 Å². The summed E-state index contributed by atoms with van der Waals surface area (Å²) in [7, 11) is 0. The summed E-state index contributed by atoms with van der Waals surface area (Å²) in [6.45, 7) is 4.27. The first-order valence-electron chi connectivity index (χ1n) is 8.29. The molecule has 1 aliphatic heterocycles. The van der Waals surface area contributed by atoms with E-state index >= 15 is 0 Å². The van der Waals surface area contributed by atoms with Gasteiger partial charge in [-0.25, -0.2) is 9.78 Å². The normalized spacial score (nSPS) is 18.8. The highest BCUT2D eigenvalue weighted by Crippen LogP contribution is 2.33. The number of carbonyl (C=O) groups is 1. The van der Waals surface area contributed by atoms with Crippen LogP contribution in [0.25, 0.3) is 0 Å². The van der Waals surface area contributed by atoms with Crippen LogP contribution in [0.5, 0.6) is 11.6 Å². The number of nitrogens with zero attached hydrogens (tertiary/aromatic N) is 2. The van der Waals surface area contributed by atoms with E-state index in [0.29, 0.717) is 29.7 Å². The minimum atomic E-state index is -0.341. The van der Waals surface area contributed by atoms with Gasteiger partial charge in [0, 0.05) is 30.1 Å². The first-order valence-corrected chi connectivity index (χ1v) is 8.29. The second-order valence-corrected chi connectivity index (χ2v) is 5.77. The molecule has 128 valence electrons. The van der Waals surface area contributed by atoms with Gasteiger partial charge in [-0.3, -0.25) is 4.99 Å². The van der Waals surface area contributed by atoms with Crippen molar-refractivity contribution in [3.63, 3.8) is 0 Å². The average molecular weight is 336 g/mol. The zero-order valence-corrected chi connectivity index (χ0v) is 14.3. The fourth-order valence-corrected chi connectivity index (χ4v) is 2.67. The van der Waals surface area contributed by atoms with E-state index in [0.717, 1.165) is 5.56 Å². The molecule has 0 aliphatic carbocycles. The molecular weight excluding hydrogens is 316 g/mol. The number of pyridine rings is 1. The molecule has 0 fully saturated rings. The number of rotatable bonds is 5. The van der Waals surface area contributed by atoms with Crippen LogP contribution in [-0.4, -0.2) is 23.8 Å². The van der Waals surface area contributed by atoms with Crippen molar-refractivity contribution in [2.75, 3.05) is 6.61 Å². The third-order valence-electron chi connectivity index (χ3n) is 4.03. The Morgan fingerprint density at radius 1 is 1.20 bits per heavy atom. The van der Waals surface area contributed by atoms with Gasteiger partial charge in [-0.15, -0.1) is 0 Å². The van der Waals surface area contributed by atoms with E-state index in [1.54, 1.807) is 37.4 Å². The van der Waals surface area contributed by atoms with Crippen LogP contribution in [0.3, 0.4) is 0 Å². The smallest absolute Gasteiger partial charge is 0.338 e.